The van der Waals surface area contributed by atoms with E-state index in [1.165, 1.54) is 0 Å². The summed E-state index contributed by atoms with van der Waals surface area (Å²) in [7, 11) is 0. The van der Waals surface area contributed by atoms with Crippen molar-refractivity contribution in [3.63, 3.8) is 0 Å². The topological polar surface area (TPSA) is 87.4 Å². The highest BCUT2D eigenvalue weighted by molar-refractivity contribution is 6.01. The van der Waals surface area contributed by atoms with Gasteiger partial charge in [0.2, 0.25) is 0 Å². The second-order valence-electron chi connectivity index (χ2n) is 8.25. The molecule has 1 fully saturated rings. The lowest BCUT2D eigenvalue weighted by Crippen LogP contribution is -2.35. The van der Waals surface area contributed by atoms with Crippen molar-refractivity contribution in [3.05, 3.63) is 58.4 Å². The normalized spacial score (nSPS) is 18.9. The van der Waals surface area contributed by atoms with Crippen LogP contribution in [0.2, 0.25) is 0 Å². The van der Waals surface area contributed by atoms with Crippen LogP contribution in [0.5, 0.6) is 0 Å². The van der Waals surface area contributed by atoms with Crippen LogP contribution in [0, 0.1) is 11.3 Å². The minimum atomic E-state index is -0.209. The summed E-state index contributed by atoms with van der Waals surface area (Å²) in [6.07, 6.45) is 2.74. The average molecular weight is 421 g/mol. The van der Waals surface area contributed by atoms with Crippen LogP contribution in [-0.4, -0.2) is 40.5 Å². The summed E-state index contributed by atoms with van der Waals surface area (Å²) in [5, 5.41) is 12.1. The fourth-order valence-corrected chi connectivity index (χ4v) is 4.53. The van der Waals surface area contributed by atoms with Gasteiger partial charge < -0.3 is 19.5 Å². The van der Waals surface area contributed by atoms with E-state index < -0.39 is 0 Å². The fraction of sp³-hybridized carbons (Fsp3) is 0.458. The number of fused-ring (bicyclic) bond motifs is 1. The average Bonchev–Trinajstić information content (AvgIpc) is 3.41. The summed E-state index contributed by atoms with van der Waals surface area (Å²) in [5.74, 6) is -0.217. The highest BCUT2D eigenvalue weighted by Crippen LogP contribution is 2.26. The monoisotopic (exact) mass is 420 g/mol. The number of aromatic nitrogens is 1. The molecule has 0 spiro atoms. The molecule has 31 heavy (non-hydrogen) atoms. The molecular weight excluding hydrogens is 392 g/mol. The summed E-state index contributed by atoms with van der Waals surface area (Å²) in [6.45, 7) is 6.25. The summed E-state index contributed by atoms with van der Waals surface area (Å²) in [5.41, 5.74) is 3.36. The standard InChI is InChI=1S/C24H28N4O3/c1-3-20(18-8-6-17(14-25)7-9-18)26-23(29)19-13-21(28-11-12-31-15-22(19)28)24(30)27-10-4-5-16(27)2/h6-9,13,16,20H,3-5,10-12,15H2,1-2H3,(H,26,29). The van der Waals surface area contributed by atoms with E-state index in [2.05, 4.69) is 18.3 Å². The van der Waals surface area contributed by atoms with Crippen LogP contribution in [0.1, 0.15) is 76.8 Å². The van der Waals surface area contributed by atoms with Crippen molar-refractivity contribution in [2.45, 2.75) is 58.3 Å². The number of hydrogen-bond acceptors (Lipinski definition) is 4. The number of hydrogen-bond donors (Lipinski definition) is 1. The van der Waals surface area contributed by atoms with Gasteiger partial charge in [0.15, 0.2) is 0 Å². The van der Waals surface area contributed by atoms with Gasteiger partial charge in [0.1, 0.15) is 5.69 Å². The Balaban J connectivity index is 1.60. The van der Waals surface area contributed by atoms with E-state index >= 15 is 0 Å². The van der Waals surface area contributed by atoms with E-state index in [-0.39, 0.29) is 23.9 Å². The predicted molar refractivity (Wildman–Crippen MR) is 115 cm³/mol. The molecule has 1 aromatic heterocycles. The SMILES string of the molecule is CCC(NC(=O)c1cc(C(=O)N2CCCC2C)n2c1COCC2)c1ccc(C#N)cc1. The first kappa shape index (κ1) is 21.1. The minimum absolute atomic E-state index is 0.00802. The molecule has 0 aliphatic carbocycles. The maximum Gasteiger partial charge on any atom is 0.270 e. The van der Waals surface area contributed by atoms with E-state index in [4.69, 9.17) is 10.00 Å². The molecule has 2 aromatic rings. The van der Waals surface area contributed by atoms with Gasteiger partial charge in [0.05, 0.1) is 42.1 Å². The number of benzene rings is 1. The van der Waals surface area contributed by atoms with Crippen molar-refractivity contribution < 1.29 is 14.3 Å². The molecule has 7 nitrogen and oxygen atoms in total. The molecular formula is C24H28N4O3. The first-order valence-corrected chi connectivity index (χ1v) is 11.0. The smallest absolute Gasteiger partial charge is 0.270 e. The van der Waals surface area contributed by atoms with Gasteiger partial charge in [0, 0.05) is 19.1 Å². The molecule has 4 rings (SSSR count). The Morgan fingerprint density at radius 3 is 2.71 bits per heavy atom. The Kier molecular flexibility index (Phi) is 6.10. The molecule has 162 valence electrons. The van der Waals surface area contributed by atoms with Gasteiger partial charge in [-0.05, 0) is 49.9 Å². The number of amides is 2. The lowest BCUT2D eigenvalue weighted by Gasteiger charge is -2.24. The van der Waals surface area contributed by atoms with E-state index in [1.54, 1.807) is 18.2 Å². The van der Waals surface area contributed by atoms with Crippen LogP contribution < -0.4 is 5.32 Å². The largest absolute Gasteiger partial charge is 0.373 e. The predicted octanol–water partition coefficient (Wildman–Crippen LogP) is 3.40. The molecule has 2 atom stereocenters. The molecule has 0 saturated carbocycles. The Hall–Kier alpha value is -3.11. The molecule has 0 radical (unpaired) electrons. The molecule has 0 bridgehead atoms. The number of likely N-dealkylation sites (tertiary alicyclic amines) is 1. The number of nitriles is 1. The molecule has 2 aliphatic heterocycles. The lowest BCUT2D eigenvalue weighted by atomic mass is 10.0. The highest BCUT2D eigenvalue weighted by atomic mass is 16.5. The summed E-state index contributed by atoms with van der Waals surface area (Å²) in [6, 6.07) is 11.1. The number of nitrogens with zero attached hydrogens (tertiary/aromatic N) is 3. The quantitative estimate of drug-likeness (QED) is 0.803. The molecule has 2 unspecified atom stereocenters. The van der Waals surface area contributed by atoms with E-state index in [0.717, 1.165) is 30.6 Å². The molecule has 1 aromatic carbocycles. The van der Waals surface area contributed by atoms with Gasteiger partial charge in [-0.2, -0.15) is 5.26 Å². The third-order valence-electron chi connectivity index (χ3n) is 6.34. The van der Waals surface area contributed by atoms with Crippen LogP contribution in [0.15, 0.2) is 30.3 Å². The second-order valence-corrected chi connectivity index (χ2v) is 8.25. The lowest BCUT2D eigenvalue weighted by molar-refractivity contribution is 0.0683. The van der Waals surface area contributed by atoms with E-state index in [0.29, 0.717) is 43.0 Å². The molecule has 2 amide bonds. The molecule has 7 heteroatoms. The van der Waals surface area contributed by atoms with E-state index in [1.807, 2.05) is 28.5 Å². The van der Waals surface area contributed by atoms with Crippen LogP contribution in [-0.2, 0) is 17.9 Å². The molecule has 1 N–H and O–H groups in total. The molecule has 3 heterocycles. The van der Waals surface area contributed by atoms with Crippen molar-refractivity contribution in [2.75, 3.05) is 13.2 Å². The van der Waals surface area contributed by atoms with Gasteiger partial charge in [-0.3, -0.25) is 9.59 Å². The number of carbonyl (C=O) groups excluding carboxylic acids is 2. The Morgan fingerprint density at radius 1 is 1.29 bits per heavy atom. The van der Waals surface area contributed by atoms with Crippen LogP contribution in [0.3, 0.4) is 0 Å². The Morgan fingerprint density at radius 2 is 2.06 bits per heavy atom. The van der Waals surface area contributed by atoms with Crippen molar-refractivity contribution in [2.24, 2.45) is 0 Å². The zero-order chi connectivity index (χ0) is 22.0. The minimum Gasteiger partial charge on any atom is -0.373 e. The summed E-state index contributed by atoms with van der Waals surface area (Å²) in [4.78, 5) is 28.4. The zero-order valence-corrected chi connectivity index (χ0v) is 18.1. The number of rotatable bonds is 5. The first-order chi connectivity index (χ1) is 15.0. The van der Waals surface area contributed by atoms with Gasteiger partial charge in [-0.1, -0.05) is 19.1 Å². The summed E-state index contributed by atoms with van der Waals surface area (Å²) >= 11 is 0. The van der Waals surface area contributed by atoms with Gasteiger partial charge in [-0.25, -0.2) is 0 Å². The van der Waals surface area contributed by atoms with Crippen molar-refractivity contribution in [1.82, 2.24) is 14.8 Å². The van der Waals surface area contributed by atoms with Crippen molar-refractivity contribution in [3.8, 4) is 6.07 Å². The fourth-order valence-electron chi connectivity index (χ4n) is 4.53. The van der Waals surface area contributed by atoms with Gasteiger partial charge in [0.25, 0.3) is 11.8 Å². The first-order valence-electron chi connectivity index (χ1n) is 11.0. The maximum absolute atomic E-state index is 13.2. The van der Waals surface area contributed by atoms with Crippen LogP contribution >= 0.6 is 0 Å². The van der Waals surface area contributed by atoms with Crippen LogP contribution in [0.4, 0.5) is 0 Å². The zero-order valence-electron chi connectivity index (χ0n) is 18.1. The Labute approximate surface area is 182 Å². The second kappa shape index (κ2) is 8.94. The summed E-state index contributed by atoms with van der Waals surface area (Å²) < 4.78 is 7.56. The number of nitrogens with one attached hydrogen (secondary N) is 1. The Bertz CT molecular complexity index is 1020. The number of ether oxygens (including phenoxy) is 1. The third-order valence-corrected chi connectivity index (χ3v) is 6.34. The third kappa shape index (κ3) is 4.08. The van der Waals surface area contributed by atoms with Crippen LogP contribution in [0.25, 0.3) is 0 Å². The highest BCUT2D eigenvalue weighted by Gasteiger charge is 2.32. The molecule has 2 aliphatic rings. The molecule has 1 saturated heterocycles. The number of carbonyl (C=O) groups is 2. The van der Waals surface area contributed by atoms with Crippen molar-refractivity contribution >= 4 is 11.8 Å². The van der Waals surface area contributed by atoms with Gasteiger partial charge >= 0.3 is 0 Å². The maximum atomic E-state index is 13.2. The van der Waals surface area contributed by atoms with Gasteiger partial charge in [-0.15, -0.1) is 0 Å². The van der Waals surface area contributed by atoms with Crippen molar-refractivity contribution in [1.29, 1.82) is 5.26 Å². The van der Waals surface area contributed by atoms with E-state index in [9.17, 15) is 9.59 Å².